The van der Waals surface area contributed by atoms with Gasteiger partial charge in [-0.1, -0.05) is 77.0 Å². The molecule has 35 heavy (non-hydrogen) atoms. The lowest BCUT2D eigenvalue weighted by Crippen LogP contribution is -2.52. The van der Waals surface area contributed by atoms with Crippen molar-refractivity contribution in [1.29, 1.82) is 0 Å². The van der Waals surface area contributed by atoms with Gasteiger partial charge in [-0.25, -0.2) is 0 Å². The molecule has 0 aliphatic carbocycles. The van der Waals surface area contributed by atoms with Crippen LogP contribution in [0.25, 0.3) is 0 Å². The van der Waals surface area contributed by atoms with Gasteiger partial charge in [0.15, 0.2) is 0 Å². The number of carbonyl (C=O) groups is 5. The van der Waals surface area contributed by atoms with E-state index >= 15 is 0 Å². The third-order valence-corrected chi connectivity index (χ3v) is 6.51. The summed E-state index contributed by atoms with van der Waals surface area (Å²) in [4.78, 5) is 56.6. The summed E-state index contributed by atoms with van der Waals surface area (Å²) >= 11 is 0. The molecule has 0 aromatic heterocycles. The van der Waals surface area contributed by atoms with E-state index in [2.05, 4.69) is 0 Å². The van der Waals surface area contributed by atoms with Crippen molar-refractivity contribution in [2.45, 2.75) is 116 Å². The molecular formula is C25H42O10. The molecule has 0 heterocycles. The highest BCUT2D eigenvalue weighted by Gasteiger charge is 2.59. The van der Waals surface area contributed by atoms with Crippen LogP contribution in [0.3, 0.4) is 0 Å². The van der Waals surface area contributed by atoms with Crippen molar-refractivity contribution in [1.82, 2.24) is 0 Å². The summed E-state index contributed by atoms with van der Waals surface area (Å²) in [7, 11) is 0. The van der Waals surface area contributed by atoms with Gasteiger partial charge in [0.05, 0.1) is 0 Å². The molecule has 202 valence electrons. The predicted octanol–water partition coefficient (Wildman–Crippen LogP) is 5.03. The maximum Gasteiger partial charge on any atom is 0.333 e. The molecule has 0 saturated carbocycles. The Hall–Kier alpha value is -2.65. The number of rotatable bonds is 24. The first kappa shape index (κ1) is 32.4. The molecule has 0 amide bonds. The van der Waals surface area contributed by atoms with E-state index in [0.29, 0.717) is 38.5 Å². The molecule has 0 aliphatic rings. The molecule has 0 aliphatic heterocycles. The minimum absolute atomic E-state index is 0.0253. The van der Waals surface area contributed by atoms with Crippen molar-refractivity contribution < 1.29 is 49.5 Å². The van der Waals surface area contributed by atoms with E-state index in [1.807, 2.05) is 0 Å². The van der Waals surface area contributed by atoms with Gasteiger partial charge in [0.25, 0.3) is 5.41 Å². The molecule has 0 radical (unpaired) electrons. The fourth-order valence-electron chi connectivity index (χ4n) is 4.48. The Morgan fingerprint density at radius 3 is 0.943 bits per heavy atom. The van der Waals surface area contributed by atoms with Crippen LogP contribution in [0, 0.1) is 11.3 Å². The summed E-state index contributed by atoms with van der Waals surface area (Å²) in [6.07, 6.45) is 11.5. The van der Waals surface area contributed by atoms with Gasteiger partial charge in [0, 0.05) is 12.8 Å². The lowest BCUT2D eigenvalue weighted by Gasteiger charge is -2.30. The first-order valence-electron chi connectivity index (χ1n) is 12.7. The Labute approximate surface area is 206 Å². The Bertz CT molecular complexity index is 637. The molecule has 0 aromatic rings. The van der Waals surface area contributed by atoms with Crippen LogP contribution in [0.5, 0.6) is 0 Å². The van der Waals surface area contributed by atoms with Gasteiger partial charge in [-0.15, -0.1) is 0 Å². The maximum absolute atomic E-state index is 11.8. The number of hydrogen-bond donors (Lipinski definition) is 5. The monoisotopic (exact) mass is 502 g/mol. The van der Waals surface area contributed by atoms with E-state index in [1.54, 1.807) is 0 Å². The van der Waals surface area contributed by atoms with Crippen LogP contribution in [0.4, 0.5) is 0 Å². The minimum atomic E-state index is -2.89. The van der Waals surface area contributed by atoms with Crippen LogP contribution in [-0.4, -0.2) is 55.4 Å². The molecule has 0 spiro atoms. The van der Waals surface area contributed by atoms with Crippen molar-refractivity contribution in [2.75, 3.05) is 0 Å². The van der Waals surface area contributed by atoms with Crippen molar-refractivity contribution >= 4 is 29.8 Å². The van der Waals surface area contributed by atoms with Gasteiger partial charge in [0.2, 0.25) is 0 Å². The van der Waals surface area contributed by atoms with E-state index in [-0.39, 0.29) is 25.7 Å². The van der Waals surface area contributed by atoms with Gasteiger partial charge in [-0.2, -0.15) is 0 Å². The summed E-state index contributed by atoms with van der Waals surface area (Å²) < 4.78 is 0. The van der Waals surface area contributed by atoms with Gasteiger partial charge < -0.3 is 25.5 Å². The van der Waals surface area contributed by atoms with E-state index in [1.165, 1.54) is 0 Å². The zero-order valence-corrected chi connectivity index (χ0v) is 20.6. The highest BCUT2D eigenvalue weighted by Crippen LogP contribution is 2.37. The second-order valence-corrected chi connectivity index (χ2v) is 9.23. The number of aliphatic carboxylic acids is 5. The smallest absolute Gasteiger partial charge is 0.333 e. The van der Waals surface area contributed by atoms with E-state index in [0.717, 1.165) is 51.4 Å². The zero-order valence-electron chi connectivity index (χ0n) is 20.6. The molecule has 0 bridgehead atoms. The quantitative estimate of drug-likeness (QED) is 0.0884. The number of hydrogen-bond acceptors (Lipinski definition) is 5. The van der Waals surface area contributed by atoms with Crippen LogP contribution in [0.15, 0.2) is 0 Å². The van der Waals surface area contributed by atoms with E-state index in [4.69, 9.17) is 10.2 Å². The van der Waals surface area contributed by atoms with Crippen molar-refractivity contribution in [3.05, 3.63) is 0 Å². The average Bonchev–Trinajstić information content (AvgIpc) is 2.75. The molecular weight excluding hydrogens is 460 g/mol. The van der Waals surface area contributed by atoms with Gasteiger partial charge >= 0.3 is 29.8 Å². The number of carboxylic acids is 5. The molecule has 10 nitrogen and oxygen atoms in total. The van der Waals surface area contributed by atoms with Crippen LogP contribution < -0.4 is 0 Å². The Balaban J connectivity index is 4.55. The first-order chi connectivity index (χ1) is 16.6. The molecule has 1 atom stereocenters. The molecule has 0 saturated heterocycles. The third-order valence-electron chi connectivity index (χ3n) is 6.51. The van der Waals surface area contributed by atoms with Crippen molar-refractivity contribution in [3.8, 4) is 0 Å². The molecule has 0 rings (SSSR count). The Morgan fingerprint density at radius 2 is 0.686 bits per heavy atom. The summed E-state index contributed by atoms with van der Waals surface area (Å²) in [5.74, 6) is -8.32. The van der Waals surface area contributed by atoms with E-state index < -0.39 is 41.2 Å². The van der Waals surface area contributed by atoms with Gasteiger partial charge in [0.1, 0.15) is 0 Å². The van der Waals surface area contributed by atoms with Gasteiger partial charge in [-0.3, -0.25) is 24.0 Å². The molecule has 1 unspecified atom stereocenters. The largest absolute Gasteiger partial charge is 0.481 e. The van der Waals surface area contributed by atoms with Crippen LogP contribution in [0.2, 0.25) is 0 Å². The highest BCUT2D eigenvalue weighted by molar-refractivity contribution is 6.16. The second kappa shape index (κ2) is 18.6. The maximum atomic E-state index is 11.8. The molecule has 10 heteroatoms. The van der Waals surface area contributed by atoms with Crippen LogP contribution in [0.1, 0.15) is 116 Å². The second-order valence-electron chi connectivity index (χ2n) is 9.23. The SMILES string of the molecule is O=C(O)CCCCCCCCCCCCC(CCCCCCC(=O)O)C(C(=O)O)(C(=O)O)C(=O)O. The van der Waals surface area contributed by atoms with Crippen LogP contribution in [-0.2, 0) is 24.0 Å². The summed E-state index contributed by atoms with van der Waals surface area (Å²) in [5.41, 5.74) is -2.89. The average molecular weight is 503 g/mol. The summed E-state index contributed by atoms with van der Waals surface area (Å²) in [6, 6.07) is 0. The molecule has 5 N–H and O–H groups in total. The predicted molar refractivity (Wildman–Crippen MR) is 127 cm³/mol. The fourth-order valence-corrected chi connectivity index (χ4v) is 4.48. The van der Waals surface area contributed by atoms with E-state index in [9.17, 15) is 39.3 Å². The standard InChI is InChI=1S/C25H42O10/c26-20(27)17-13-8-6-4-2-1-3-5-7-11-15-19(16-12-9-10-14-18-21(28)29)25(22(30)31,23(32)33)24(34)35/h19H,1-18H2,(H,26,27)(H,28,29)(H,30,31)(H,32,33)(H,34,35). The Kier molecular flexibility index (Phi) is 17.2. The normalized spacial score (nSPS) is 12.2. The lowest BCUT2D eigenvalue weighted by atomic mass is 9.70. The van der Waals surface area contributed by atoms with Crippen molar-refractivity contribution in [3.63, 3.8) is 0 Å². The van der Waals surface area contributed by atoms with Crippen molar-refractivity contribution in [2.24, 2.45) is 11.3 Å². The van der Waals surface area contributed by atoms with Gasteiger partial charge in [-0.05, 0) is 31.6 Å². The highest BCUT2D eigenvalue weighted by atomic mass is 16.4. The first-order valence-corrected chi connectivity index (χ1v) is 12.7. The molecule has 0 fully saturated rings. The summed E-state index contributed by atoms with van der Waals surface area (Å²) in [6.45, 7) is 0. The number of unbranched alkanes of at least 4 members (excludes halogenated alkanes) is 12. The molecule has 0 aromatic carbocycles. The minimum Gasteiger partial charge on any atom is -0.481 e. The number of carboxylic acid groups (broad SMARTS) is 5. The summed E-state index contributed by atoms with van der Waals surface area (Å²) in [5, 5.41) is 46.0. The Morgan fingerprint density at radius 1 is 0.429 bits per heavy atom. The zero-order chi connectivity index (χ0) is 26.7. The lowest BCUT2D eigenvalue weighted by molar-refractivity contribution is -0.181. The third kappa shape index (κ3) is 13.1. The fraction of sp³-hybridized carbons (Fsp3) is 0.800. The topological polar surface area (TPSA) is 186 Å². The van der Waals surface area contributed by atoms with Crippen LogP contribution >= 0.6 is 0 Å².